The first-order valence-electron chi connectivity index (χ1n) is 8.40. The average molecular weight is 385 g/mol. The van der Waals surface area contributed by atoms with Crippen molar-refractivity contribution in [1.29, 1.82) is 0 Å². The van der Waals surface area contributed by atoms with Gasteiger partial charge in [-0.1, -0.05) is 17.7 Å². The molecule has 0 radical (unpaired) electrons. The lowest BCUT2D eigenvalue weighted by atomic mass is 9.95. The summed E-state index contributed by atoms with van der Waals surface area (Å²) in [4.78, 5) is 26.5. The molecule has 2 aliphatic heterocycles. The van der Waals surface area contributed by atoms with Crippen molar-refractivity contribution < 1.29 is 18.0 Å². The second kappa shape index (κ2) is 7.33. The van der Waals surface area contributed by atoms with Gasteiger partial charge in [-0.05, 0) is 37.5 Å². The minimum Gasteiger partial charge on any atom is -0.352 e. The van der Waals surface area contributed by atoms with Gasteiger partial charge in [0, 0.05) is 35.6 Å². The monoisotopic (exact) mass is 384 g/mol. The molecule has 6 nitrogen and oxygen atoms in total. The van der Waals surface area contributed by atoms with Gasteiger partial charge in [-0.2, -0.15) is 0 Å². The molecule has 2 aliphatic rings. The maximum atomic E-state index is 12.5. The van der Waals surface area contributed by atoms with E-state index in [1.165, 1.54) is 0 Å². The average Bonchev–Trinajstić information content (AvgIpc) is 2.93. The predicted molar refractivity (Wildman–Crippen MR) is 95.3 cm³/mol. The van der Waals surface area contributed by atoms with Gasteiger partial charge in [-0.3, -0.25) is 9.59 Å². The maximum Gasteiger partial charge on any atom is 0.253 e. The molecule has 1 aromatic rings. The van der Waals surface area contributed by atoms with Crippen LogP contribution in [-0.4, -0.2) is 55.8 Å². The standard InChI is InChI=1S/C17H21ClN2O4S/c18-14-3-1-2-13(10-14)17(22)20-7-4-12(5-8-20)16(21)19-15-6-9-25(23,24)11-15/h1-3,10,12,15H,4-9,11H2,(H,19,21). The minimum atomic E-state index is -3.00. The highest BCUT2D eigenvalue weighted by Gasteiger charge is 2.32. The fourth-order valence-electron chi connectivity index (χ4n) is 3.38. The van der Waals surface area contributed by atoms with Crippen molar-refractivity contribution in [3.63, 3.8) is 0 Å². The van der Waals surface area contributed by atoms with Crippen molar-refractivity contribution in [3.8, 4) is 0 Å². The third kappa shape index (κ3) is 4.52. The first-order valence-corrected chi connectivity index (χ1v) is 10.6. The van der Waals surface area contributed by atoms with Gasteiger partial charge < -0.3 is 10.2 Å². The SMILES string of the molecule is O=C(NC1CCS(=O)(=O)C1)C1CCN(C(=O)c2cccc(Cl)c2)CC1. The number of piperidine rings is 1. The summed E-state index contributed by atoms with van der Waals surface area (Å²) in [5, 5.41) is 3.37. The summed E-state index contributed by atoms with van der Waals surface area (Å²) in [5.74, 6) is -0.179. The van der Waals surface area contributed by atoms with Crippen LogP contribution in [0.2, 0.25) is 5.02 Å². The van der Waals surface area contributed by atoms with Gasteiger partial charge in [-0.25, -0.2) is 8.42 Å². The third-order valence-corrected chi connectivity index (χ3v) is 6.81. The number of hydrogen-bond acceptors (Lipinski definition) is 4. The van der Waals surface area contributed by atoms with E-state index in [0.717, 1.165) is 0 Å². The van der Waals surface area contributed by atoms with E-state index in [1.807, 2.05) is 0 Å². The van der Waals surface area contributed by atoms with Gasteiger partial charge in [0.15, 0.2) is 9.84 Å². The second-order valence-electron chi connectivity index (χ2n) is 6.69. The number of rotatable bonds is 3. The molecule has 8 heteroatoms. The molecule has 2 fully saturated rings. The number of amides is 2. The minimum absolute atomic E-state index is 0.0326. The zero-order valence-corrected chi connectivity index (χ0v) is 15.4. The van der Waals surface area contributed by atoms with Crippen molar-refractivity contribution in [2.75, 3.05) is 24.6 Å². The number of carbonyl (C=O) groups excluding carboxylic acids is 2. The molecule has 2 heterocycles. The summed E-state index contributed by atoms with van der Waals surface area (Å²) >= 11 is 5.93. The topological polar surface area (TPSA) is 83.6 Å². The molecule has 0 bridgehead atoms. The summed E-state index contributed by atoms with van der Waals surface area (Å²) in [6.07, 6.45) is 1.65. The van der Waals surface area contributed by atoms with E-state index in [0.29, 0.717) is 42.9 Å². The van der Waals surface area contributed by atoms with E-state index in [4.69, 9.17) is 11.6 Å². The number of halogens is 1. The number of nitrogens with one attached hydrogen (secondary N) is 1. The first kappa shape index (κ1) is 18.2. The molecule has 2 saturated heterocycles. The molecule has 136 valence electrons. The lowest BCUT2D eigenvalue weighted by molar-refractivity contribution is -0.126. The number of sulfone groups is 1. The molecular formula is C17H21ClN2O4S. The number of likely N-dealkylation sites (tertiary alicyclic amines) is 1. The molecule has 0 aromatic heterocycles. The fourth-order valence-corrected chi connectivity index (χ4v) is 5.24. The van der Waals surface area contributed by atoms with Crippen LogP contribution in [0.3, 0.4) is 0 Å². The van der Waals surface area contributed by atoms with Crippen LogP contribution in [0.15, 0.2) is 24.3 Å². The van der Waals surface area contributed by atoms with Crippen LogP contribution < -0.4 is 5.32 Å². The smallest absolute Gasteiger partial charge is 0.253 e. The van der Waals surface area contributed by atoms with Crippen LogP contribution in [0.25, 0.3) is 0 Å². The molecule has 25 heavy (non-hydrogen) atoms. The van der Waals surface area contributed by atoms with Crippen molar-refractivity contribution in [3.05, 3.63) is 34.9 Å². The Morgan fingerprint density at radius 2 is 1.88 bits per heavy atom. The lowest BCUT2D eigenvalue weighted by Gasteiger charge is -2.32. The Bertz CT molecular complexity index is 773. The molecule has 0 aliphatic carbocycles. The van der Waals surface area contributed by atoms with Crippen molar-refractivity contribution in [2.24, 2.45) is 5.92 Å². The Hall–Kier alpha value is -1.60. The molecule has 0 saturated carbocycles. The van der Waals surface area contributed by atoms with Gasteiger partial charge >= 0.3 is 0 Å². The Morgan fingerprint density at radius 3 is 2.48 bits per heavy atom. The summed E-state index contributed by atoms with van der Waals surface area (Å²) in [5.41, 5.74) is 0.548. The Labute approximate surface area is 152 Å². The molecule has 3 rings (SSSR count). The zero-order chi connectivity index (χ0) is 18.0. The molecular weight excluding hydrogens is 364 g/mol. The predicted octanol–water partition coefficient (Wildman–Crippen LogP) is 1.50. The van der Waals surface area contributed by atoms with E-state index in [-0.39, 0.29) is 35.3 Å². The first-order chi connectivity index (χ1) is 11.8. The fraction of sp³-hybridized carbons (Fsp3) is 0.529. The van der Waals surface area contributed by atoms with Crippen LogP contribution in [0.1, 0.15) is 29.6 Å². The highest BCUT2D eigenvalue weighted by Crippen LogP contribution is 2.21. The van der Waals surface area contributed by atoms with Gasteiger partial charge in [0.25, 0.3) is 5.91 Å². The van der Waals surface area contributed by atoms with E-state index in [1.54, 1.807) is 29.2 Å². The molecule has 1 unspecified atom stereocenters. The highest BCUT2D eigenvalue weighted by atomic mass is 35.5. The summed E-state index contributed by atoms with van der Waals surface area (Å²) in [6, 6.07) is 6.56. The summed E-state index contributed by atoms with van der Waals surface area (Å²) in [7, 11) is -3.00. The molecule has 1 aromatic carbocycles. The number of nitrogens with zero attached hydrogens (tertiary/aromatic N) is 1. The van der Waals surface area contributed by atoms with Crippen LogP contribution in [0, 0.1) is 5.92 Å². The van der Waals surface area contributed by atoms with Crippen molar-refractivity contribution in [1.82, 2.24) is 10.2 Å². The number of hydrogen-bond donors (Lipinski definition) is 1. The van der Waals surface area contributed by atoms with Crippen LogP contribution in [0.4, 0.5) is 0 Å². The van der Waals surface area contributed by atoms with Crippen molar-refractivity contribution in [2.45, 2.75) is 25.3 Å². The lowest BCUT2D eigenvalue weighted by Crippen LogP contribution is -2.45. The van der Waals surface area contributed by atoms with Gasteiger partial charge in [0.1, 0.15) is 0 Å². The molecule has 0 spiro atoms. The Kier molecular flexibility index (Phi) is 5.34. The van der Waals surface area contributed by atoms with Crippen LogP contribution >= 0.6 is 11.6 Å². The second-order valence-corrected chi connectivity index (χ2v) is 9.35. The van der Waals surface area contributed by atoms with Crippen molar-refractivity contribution >= 4 is 33.3 Å². The van der Waals surface area contributed by atoms with Crippen LogP contribution in [0.5, 0.6) is 0 Å². The molecule has 2 amide bonds. The van der Waals surface area contributed by atoms with Gasteiger partial charge in [0.2, 0.25) is 5.91 Å². The Morgan fingerprint density at radius 1 is 1.16 bits per heavy atom. The number of carbonyl (C=O) groups is 2. The quantitative estimate of drug-likeness (QED) is 0.855. The largest absolute Gasteiger partial charge is 0.352 e. The van der Waals surface area contributed by atoms with E-state index in [2.05, 4.69) is 5.32 Å². The van der Waals surface area contributed by atoms with E-state index < -0.39 is 9.84 Å². The van der Waals surface area contributed by atoms with Gasteiger partial charge in [0.05, 0.1) is 11.5 Å². The molecule has 1 N–H and O–H groups in total. The van der Waals surface area contributed by atoms with Gasteiger partial charge in [-0.15, -0.1) is 0 Å². The summed E-state index contributed by atoms with van der Waals surface area (Å²) in [6.45, 7) is 1.01. The zero-order valence-electron chi connectivity index (χ0n) is 13.8. The molecule has 1 atom stereocenters. The third-order valence-electron chi connectivity index (χ3n) is 4.80. The Balaban J connectivity index is 1.51. The van der Waals surface area contributed by atoms with E-state index >= 15 is 0 Å². The van der Waals surface area contributed by atoms with Crippen LogP contribution in [-0.2, 0) is 14.6 Å². The van der Waals surface area contributed by atoms with E-state index in [9.17, 15) is 18.0 Å². The maximum absolute atomic E-state index is 12.5. The summed E-state index contributed by atoms with van der Waals surface area (Å²) < 4.78 is 22.9. The number of benzene rings is 1. The highest BCUT2D eigenvalue weighted by molar-refractivity contribution is 7.91. The normalized spacial score (nSPS) is 23.4.